The molecule has 274 valence electrons. The Morgan fingerprint density at radius 1 is 0.939 bits per heavy atom. The van der Waals surface area contributed by atoms with E-state index in [9.17, 15) is 14.4 Å². The van der Waals surface area contributed by atoms with Crippen LogP contribution in [-0.4, -0.2) is 62.1 Å². The van der Waals surface area contributed by atoms with Gasteiger partial charge in [0.1, 0.15) is 17.7 Å². The van der Waals surface area contributed by atoms with Gasteiger partial charge in [-0.1, -0.05) is 88.3 Å². The summed E-state index contributed by atoms with van der Waals surface area (Å²) in [6.45, 7) is 23.4. The van der Waals surface area contributed by atoms with Gasteiger partial charge < -0.3 is 20.7 Å². The minimum atomic E-state index is -1.02. The second kappa shape index (κ2) is 16.5. The third-order valence-corrected chi connectivity index (χ3v) is 11.0. The highest BCUT2D eigenvalue weighted by atomic mass is 32.1. The second-order valence-corrected chi connectivity index (χ2v) is 16.3. The molecule has 2 aliphatic heterocycles. The van der Waals surface area contributed by atoms with Gasteiger partial charge in [-0.2, -0.15) is 0 Å². The van der Waals surface area contributed by atoms with E-state index in [0.717, 1.165) is 24.8 Å². The zero-order valence-corrected chi connectivity index (χ0v) is 32.8. The number of piperidine rings is 1. The van der Waals surface area contributed by atoms with E-state index in [1.807, 2.05) is 65.8 Å². The third kappa shape index (κ3) is 9.54. The van der Waals surface area contributed by atoms with E-state index in [1.54, 1.807) is 11.1 Å². The highest BCUT2D eigenvalue weighted by Gasteiger charge is 2.62. The number of para-hydroxylation sites is 2. The molecular weight excluding hydrogens is 635 g/mol. The molecular formula is C39H63N5O4S. The molecule has 2 amide bonds. The van der Waals surface area contributed by atoms with Crippen molar-refractivity contribution in [2.45, 2.75) is 138 Å². The molecule has 1 saturated carbocycles. The number of hydrogen-bond donors (Lipinski definition) is 3. The van der Waals surface area contributed by atoms with E-state index in [1.165, 1.54) is 0 Å². The monoisotopic (exact) mass is 697 g/mol. The maximum Gasteiger partial charge on any atom is 0.243 e. The number of fused-ring (bicyclic) bond motifs is 3. The number of nitrogens with two attached hydrogens (primary N) is 1. The van der Waals surface area contributed by atoms with Gasteiger partial charge in [0.2, 0.25) is 22.8 Å². The van der Waals surface area contributed by atoms with Gasteiger partial charge in [-0.05, 0) is 79.7 Å². The van der Waals surface area contributed by atoms with Crippen LogP contribution < -0.4 is 15.8 Å². The molecule has 9 nitrogen and oxygen atoms in total. The van der Waals surface area contributed by atoms with Gasteiger partial charge in [0.25, 0.3) is 0 Å². The number of aromatic nitrogens is 2. The van der Waals surface area contributed by atoms with E-state index >= 15 is 0 Å². The second-order valence-electron chi connectivity index (χ2n) is 15.9. The number of thiol groups is 1. The van der Waals surface area contributed by atoms with Crippen molar-refractivity contribution in [1.82, 2.24) is 20.2 Å². The molecule has 3 aliphatic rings. The third-order valence-electron chi connectivity index (χ3n) is 10.6. The van der Waals surface area contributed by atoms with Crippen molar-refractivity contribution in [2.24, 2.45) is 40.2 Å². The van der Waals surface area contributed by atoms with Crippen molar-refractivity contribution in [1.29, 1.82) is 0 Å². The van der Waals surface area contributed by atoms with Crippen LogP contribution in [0.2, 0.25) is 0 Å². The number of benzene rings is 1. The number of nitrogens with zero attached hydrogens (tertiary/aromatic N) is 3. The molecule has 1 aliphatic carbocycles. The van der Waals surface area contributed by atoms with E-state index in [0.29, 0.717) is 36.6 Å². The number of ether oxygens (including phenoxy) is 1. The average Bonchev–Trinajstić information content (AvgIpc) is 3.77. The van der Waals surface area contributed by atoms with E-state index in [2.05, 4.69) is 62.5 Å². The lowest BCUT2D eigenvalue weighted by molar-refractivity contribution is -0.152. The van der Waals surface area contributed by atoms with Crippen molar-refractivity contribution < 1.29 is 19.1 Å². The number of nitrogens with one attached hydrogen (secondary N) is 1. The van der Waals surface area contributed by atoms with Crippen LogP contribution in [0, 0.1) is 34.5 Å². The van der Waals surface area contributed by atoms with Crippen molar-refractivity contribution in [2.75, 3.05) is 6.54 Å². The number of amides is 2. The predicted molar refractivity (Wildman–Crippen MR) is 201 cm³/mol. The van der Waals surface area contributed by atoms with Crippen molar-refractivity contribution in [3.8, 4) is 5.88 Å². The smallest absolute Gasteiger partial charge is 0.243 e. The number of carbonyl (C=O) groups is 3. The summed E-state index contributed by atoms with van der Waals surface area (Å²) in [6.07, 6.45) is 5.49. The molecule has 2 aromatic rings. The standard InChI is InChI=1S/C35H51N5O4S.2C2H6/c1-20-12-22(3)23-16-35(23,32(43)45)39-30(41)27-17-34(6,7)28(44-29-18-37-25-10-8-9-11-26(25)38-29)19-40(27)31(42)24(36)13-21(2)15-33(4,5)14-20;2*1-2/h8-11,18,20-24,27-28H,12-17,19,36H2,1-7H3,(H,39,41)(H,43,45);2*1-2H3/t20?,21?,22-,23?,24?,27?,28?,35?;;/m0../s1. The molecule has 49 heavy (non-hydrogen) atoms. The van der Waals surface area contributed by atoms with Crippen LogP contribution in [0.5, 0.6) is 5.88 Å². The van der Waals surface area contributed by atoms with Crippen LogP contribution in [0.3, 0.4) is 0 Å². The van der Waals surface area contributed by atoms with Gasteiger partial charge in [-0.15, -0.1) is 12.6 Å². The van der Waals surface area contributed by atoms with Crippen LogP contribution in [0.1, 0.15) is 115 Å². The quantitative estimate of drug-likeness (QED) is 0.289. The molecule has 2 saturated heterocycles. The Kier molecular flexibility index (Phi) is 13.7. The lowest BCUT2D eigenvalue weighted by atomic mass is 9.73. The van der Waals surface area contributed by atoms with E-state index < -0.39 is 29.1 Å². The molecule has 10 heteroatoms. The molecule has 0 bridgehead atoms. The van der Waals surface area contributed by atoms with E-state index in [-0.39, 0.29) is 46.6 Å². The molecule has 3 N–H and O–H groups in total. The minimum Gasteiger partial charge on any atom is -0.471 e. The van der Waals surface area contributed by atoms with Gasteiger partial charge in [0.15, 0.2) is 0 Å². The zero-order valence-electron chi connectivity index (χ0n) is 31.9. The van der Waals surface area contributed by atoms with Crippen LogP contribution in [-0.2, 0) is 14.4 Å². The zero-order chi connectivity index (χ0) is 36.9. The average molecular weight is 698 g/mol. The van der Waals surface area contributed by atoms with Gasteiger partial charge in [0.05, 0.1) is 29.8 Å². The summed E-state index contributed by atoms with van der Waals surface area (Å²) in [6, 6.07) is 6.00. The van der Waals surface area contributed by atoms with Gasteiger partial charge in [-0.25, -0.2) is 9.97 Å². The van der Waals surface area contributed by atoms with Gasteiger partial charge in [-0.3, -0.25) is 14.4 Å². The SMILES string of the molecule is CC.CC.CC1CC(N)C(=O)N2CC(Oc3cnc4ccccc4n3)C(C)(C)CC2C(=O)NC2(C(=O)S)CC2[C@@H](C)CC(C)CC(C)(C)C1. The summed E-state index contributed by atoms with van der Waals surface area (Å²) < 4.78 is 6.44. The maximum atomic E-state index is 14.2. The van der Waals surface area contributed by atoms with Crippen LogP contribution in [0.15, 0.2) is 30.5 Å². The molecule has 1 aromatic carbocycles. The van der Waals surface area contributed by atoms with Crippen LogP contribution in [0.4, 0.5) is 0 Å². The van der Waals surface area contributed by atoms with Crippen molar-refractivity contribution in [3.05, 3.63) is 30.5 Å². The lowest BCUT2D eigenvalue weighted by Crippen LogP contribution is -2.65. The molecule has 8 atom stereocenters. The van der Waals surface area contributed by atoms with Crippen LogP contribution in [0.25, 0.3) is 11.0 Å². The first kappa shape index (κ1) is 40.7. The first-order valence-electron chi connectivity index (χ1n) is 18.5. The Bertz CT molecular complexity index is 1450. The Labute approximate surface area is 300 Å². The molecule has 3 heterocycles. The maximum absolute atomic E-state index is 14.2. The van der Waals surface area contributed by atoms with E-state index in [4.69, 9.17) is 10.5 Å². The predicted octanol–water partition coefficient (Wildman–Crippen LogP) is 7.22. The number of hydrogen-bond acceptors (Lipinski definition) is 7. The van der Waals surface area contributed by atoms with Gasteiger partial charge in [0, 0.05) is 5.41 Å². The fourth-order valence-electron chi connectivity index (χ4n) is 8.51. The van der Waals surface area contributed by atoms with Gasteiger partial charge >= 0.3 is 0 Å². The summed E-state index contributed by atoms with van der Waals surface area (Å²) in [5, 5.41) is 2.79. The molecule has 5 rings (SSSR count). The Balaban J connectivity index is 0.00000157. The highest BCUT2D eigenvalue weighted by molar-refractivity contribution is 7.96. The molecule has 0 spiro atoms. The number of rotatable bonds is 3. The summed E-state index contributed by atoms with van der Waals surface area (Å²) >= 11 is 4.27. The fraction of sp³-hybridized carbons (Fsp3) is 0.718. The Hall–Kier alpha value is -2.72. The Morgan fingerprint density at radius 3 is 2.14 bits per heavy atom. The van der Waals surface area contributed by atoms with Crippen molar-refractivity contribution in [3.63, 3.8) is 0 Å². The summed E-state index contributed by atoms with van der Waals surface area (Å²) in [4.78, 5) is 52.1. The first-order valence-corrected chi connectivity index (χ1v) is 19.0. The lowest BCUT2D eigenvalue weighted by Gasteiger charge is -2.48. The van der Waals surface area contributed by atoms with Crippen LogP contribution >= 0.6 is 12.6 Å². The number of carbonyl (C=O) groups excluding carboxylic acids is 3. The summed E-state index contributed by atoms with van der Waals surface area (Å²) in [5.41, 5.74) is 6.66. The highest BCUT2D eigenvalue weighted by Crippen LogP contribution is 2.52. The Morgan fingerprint density at radius 2 is 1.53 bits per heavy atom. The molecule has 7 unspecified atom stereocenters. The first-order chi connectivity index (χ1) is 23.0. The minimum absolute atomic E-state index is 0.00871. The summed E-state index contributed by atoms with van der Waals surface area (Å²) in [5.74, 6) is 0.679. The summed E-state index contributed by atoms with van der Waals surface area (Å²) in [7, 11) is 0. The molecule has 0 radical (unpaired) electrons. The normalized spacial score (nSPS) is 32.9. The largest absolute Gasteiger partial charge is 0.471 e. The molecule has 1 aromatic heterocycles. The fourth-order valence-corrected chi connectivity index (χ4v) is 8.83. The topological polar surface area (TPSA) is 128 Å². The van der Waals surface area contributed by atoms with Crippen molar-refractivity contribution >= 4 is 40.6 Å². The molecule has 3 fully saturated rings.